The summed E-state index contributed by atoms with van der Waals surface area (Å²) in [5, 5.41) is 3.88. The zero-order chi connectivity index (χ0) is 14.2. The maximum absolute atomic E-state index is 3.88. The lowest BCUT2D eigenvalue weighted by Crippen LogP contribution is -2.25. The van der Waals surface area contributed by atoms with Crippen molar-refractivity contribution in [3.63, 3.8) is 0 Å². The average molecular weight is 283 g/mol. The molecule has 1 aromatic rings. The first-order valence-electron chi connectivity index (χ1n) is 9.21. The Hall–Kier alpha value is -0.820. The number of benzene rings is 1. The topological polar surface area (TPSA) is 12.0 Å². The second kappa shape index (κ2) is 5.76. The molecule has 3 unspecified atom stereocenters. The van der Waals surface area contributed by atoms with Crippen molar-refractivity contribution in [3.05, 3.63) is 35.4 Å². The summed E-state index contributed by atoms with van der Waals surface area (Å²) in [5.74, 6) is 3.86. The van der Waals surface area contributed by atoms with E-state index in [0.717, 1.165) is 30.2 Å². The molecule has 4 rings (SSSR count). The zero-order valence-corrected chi connectivity index (χ0v) is 13.4. The largest absolute Gasteiger partial charge is 0.310 e. The van der Waals surface area contributed by atoms with Crippen LogP contribution >= 0.6 is 0 Å². The minimum Gasteiger partial charge on any atom is -0.310 e. The molecule has 0 aliphatic heterocycles. The zero-order valence-electron chi connectivity index (χ0n) is 13.4. The lowest BCUT2D eigenvalue weighted by atomic mass is 9.79. The smallest absolute Gasteiger partial charge is 0.0354 e. The first-order chi connectivity index (χ1) is 10.4. The van der Waals surface area contributed by atoms with Crippen molar-refractivity contribution in [3.8, 4) is 0 Å². The maximum Gasteiger partial charge on any atom is 0.0354 e. The van der Waals surface area contributed by atoms with Crippen LogP contribution in [0.4, 0.5) is 0 Å². The Kier molecular flexibility index (Phi) is 3.79. The van der Waals surface area contributed by atoms with Gasteiger partial charge in [-0.25, -0.2) is 0 Å². The molecule has 0 spiro atoms. The molecule has 3 saturated carbocycles. The molecular weight excluding hydrogens is 254 g/mol. The van der Waals surface area contributed by atoms with Gasteiger partial charge in [0.2, 0.25) is 0 Å². The van der Waals surface area contributed by atoms with Gasteiger partial charge < -0.3 is 5.32 Å². The molecule has 1 heteroatoms. The van der Waals surface area contributed by atoms with Crippen molar-refractivity contribution >= 4 is 0 Å². The van der Waals surface area contributed by atoms with Gasteiger partial charge in [-0.05, 0) is 73.4 Å². The van der Waals surface area contributed by atoms with Crippen LogP contribution in [-0.2, 0) is 0 Å². The van der Waals surface area contributed by atoms with Crippen LogP contribution in [-0.4, -0.2) is 6.54 Å². The van der Waals surface area contributed by atoms with Crippen molar-refractivity contribution in [2.75, 3.05) is 6.54 Å². The van der Waals surface area contributed by atoms with Gasteiger partial charge in [0, 0.05) is 6.04 Å². The van der Waals surface area contributed by atoms with Gasteiger partial charge in [0.05, 0.1) is 0 Å². The Morgan fingerprint density at radius 3 is 2.52 bits per heavy atom. The molecule has 0 aromatic heterocycles. The third kappa shape index (κ3) is 2.54. The van der Waals surface area contributed by atoms with Crippen molar-refractivity contribution in [1.82, 2.24) is 5.32 Å². The number of rotatable bonds is 6. The normalized spacial score (nSPS) is 32.5. The quantitative estimate of drug-likeness (QED) is 0.771. The lowest BCUT2D eigenvalue weighted by Gasteiger charge is -2.28. The molecule has 3 atom stereocenters. The van der Waals surface area contributed by atoms with Gasteiger partial charge in [0.25, 0.3) is 0 Å². The summed E-state index contributed by atoms with van der Waals surface area (Å²) in [6, 6.07) is 10.2. The number of nitrogens with one attached hydrogen (secondary N) is 1. The Labute approximate surface area is 129 Å². The second-order valence-electron chi connectivity index (χ2n) is 7.57. The van der Waals surface area contributed by atoms with E-state index in [1.807, 2.05) is 0 Å². The molecule has 114 valence electrons. The standard InChI is InChI=1S/C20H29N/c1-2-12-21-20(19-17-10-5-11-18(17)19)16-9-4-8-15(13-16)14-6-3-7-14/h4,8-9,13-14,17-21H,2-3,5-7,10-12H2,1H3. The highest BCUT2D eigenvalue weighted by Gasteiger charge is 2.55. The fourth-order valence-electron chi connectivity index (χ4n) is 4.90. The Morgan fingerprint density at radius 1 is 1.10 bits per heavy atom. The van der Waals surface area contributed by atoms with Crippen molar-refractivity contribution in [2.45, 2.75) is 63.8 Å². The Bertz CT molecular complexity index is 480. The van der Waals surface area contributed by atoms with Gasteiger partial charge in [0.15, 0.2) is 0 Å². The molecule has 0 heterocycles. The summed E-state index contributed by atoms with van der Waals surface area (Å²) >= 11 is 0. The monoisotopic (exact) mass is 283 g/mol. The molecule has 3 aliphatic rings. The van der Waals surface area contributed by atoms with Crippen LogP contribution in [0.2, 0.25) is 0 Å². The van der Waals surface area contributed by atoms with E-state index < -0.39 is 0 Å². The van der Waals surface area contributed by atoms with Gasteiger partial charge in [-0.2, -0.15) is 0 Å². The molecule has 0 bridgehead atoms. The highest BCUT2D eigenvalue weighted by Crippen LogP contribution is 2.62. The van der Waals surface area contributed by atoms with Crippen LogP contribution in [0.3, 0.4) is 0 Å². The van der Waals surface area contributed by atoms with Gasteiger partial charge in [0.1, 0.15) is 0 Å². The molecular formula is C20H29N. The van der Waals surface area contributed by atoms with Crippen molar-refractivity contribution < 1.29 is 0 Å². The highest BCUT2D eigenvalue weighted by atomic mass is 14.9. The number of hydrogen-bond acceptors (Lipinski definition) is 1. The first-order valence-corrected chi connectivity index (χ1v) is 9.21. The van der Waals surface area contributed by atoms with E-state index in [2.05, 4.69) is 36.5 Å². The van der Waals surface area contributed by atoms with Crippen LogP contribution in [0, 0.1) is 17.8 Å². The fraction of sp³-hybridized carbons (Fsp3) is 0.700. The maximum atomic E-state index is 3.88. The SMILES string of the molecule is CCCNC(c1cccc(C2CCC2)c1)C1C2CCCC21. The van der Waals surface area contributed by atoms with E-state index >= 15 is 0 Å². The Morgan fingerprint density at radius 2 is 1.86 bits per heavy atom. The highest BCUT2D eigenvalue weighted by molar-refractivity contribution is 5.31. The summed E-state index contributed by atoms with van der Waals surface area (Å²) in [6.07, 6.45) is 9.94. The predicted octanol–water partition coefficient (Wildman–Crippen LogP) is 5.04. The average Bonchev–Trinajstić information content (AvgIpc) is 2.91. The molecule has 0 radical (unpaired) electrons. The van der Waals surface area contributed by atoms with E-state index in [1.54, 1.807) is 11.1 Å². The number of fused-ring (bicyclic) bond motifs is 1. The Balaban J connectivity index is 1.54. The van der Waals surface area contributed by atoms with Crippen molar-refractivity contribution in [2.24, 2.45) is 17.8 Å². The molecule has 3 fully saturated rings. The minimum absolute atomic E-state index is 0.625. The first kappa shape index (κ1) is 13.8. The van der Waals surface area contributed by atoms with Gasteiger partial charge in [-0.1, -0.05) is 44.0 Å². The predicted molar refractivity (Wildman–Crippen MR) is 88.4 cm³/mol. The summed E-state index contributed by atoms with van der Waals surface area (Å²) < 4.78 is 0. The van der Waals surface area contributed by atoms with Crippen LogP contribution in [0.15, 0.2) is 24.3 Å². The number of hydrogen-bond donors (Lipinski definition) is 1. The molecule has 0 amide bonds. The minimum atomic E-state index is 0.625. The summed E-state index contributed by atoms with van der Waals surface area (Å²) in [5.41, 5.74) is 3.18. The van der Waals surface area contributed by atoms with Gasteiger partial charge >= 0.3 is 0 Å². The summed E-state index contributed by atoms with van der Waals surface area (Å²) in [4.78, 5) is 0. The van der Waals surface area contributed by atoms with E-state index in [1.165, 1.54) is 44.9 Å². The summed E-state index contributed by atoms with van der Waals surface area (Å²) in [6.45, 7) is 3.44. The van der Waals surface area contributed by atoms with Crippen LogP contribution in [0.1, 0.15) is 75.0 Å². The van der Waals surface area contributed by atoms with Gasteiger partial charge in [-0.3, -0.25) is 0 Å². The van der Waals surface area contributed by atoms with Crippen LogP contribution in [0.25, 0.3) is 0 Å². The summed E-state index contributed by atoms with van der Waals surface area (Å²) in [7, 11) is 0. The van der Waals surface area contributed by atoms with Crippen LogP contribution in [0.5, 0.6) is 0 Å². The van der Waals surface area contributed by atoms with Crippen molar-refractivity contribution in [1.29, 1.82) is 0 Å². The second-order valence-corrected chi connectivity index (χ2v) is 7.57. The lowest BCUT2D eigenvalue weighted by molar-refractivity contribution is 0.409. The van der Waals surface area contributed by atoms with Gasteiger partial charge in [-0.15, -0.1) is 0 Å². The van der Waals surface area contributed by atoms with E-state index in [-0.39, 0.29) is 0 Å². The molecule has 21 heavy (non-hydrogen) atoms. The molecule has 3 aliphatic carbocycles. The van der Waals surface area contributed by atoms with Crippen LogP contribution < -0.4 is 5.32 Å². The third-order valence-electron chi connectivity index (χ3n) is 6.32. The fourth-order valence-corrected chi connectivity index (χ4v) is 4.90. The van der Waals surface area contributed by atoms with E-state index in [9.17, 15) is 0 Å². The van der Waals surface area contributed by atoms with E-state index in [0.29, 0.717) is 6.04 Å². The molecule has 1 nitrogen and oxygen atoms in total. The molecule has 1 aromatic carbocycles. The molecule has 0 saturated heterocycles. The third-order valence-corrected chi connectivity index (χ3v) is 6.32. The van der Waals surface area contributed by atoms with E-state index in [4.69, 9.17) is 0 Å². The molecule has 1 N–H and O–H groups in total.